The molecule has 0 spiro atoms. The van der Waals surface area contributed by atoms with E-state index in [1.807, 2.05) is 30.3 Å². The molecular formula is C20H21N5O3S. The number of carbonyl (C=O) groups excluding carboxylic acids is 2. The number of hydrogen-bond donors (Lipinski definition) is 3. The molecule has 3 N–H and O–H groups in total. The maximum atomic E-state index is 12.2. The van der Waals surface area contributed by atoms with Gasteiger partial charge in [-0.1, -0.05) is 42.1 Å². The van der Waals surface area contributed by atoms with Crippen molar-refractivity contribution < 1.29 is 9.59 Å². The van der Waals surface area contributed by atoms with E-state index in [1.54, 1.807) is 24.3 Å². The number of aromatic amines is 1. The third kappa shape index (κ3) is 6.08. The summed E-state index contributed by atoms with van der Waals surface area (Å²) in [6, 6.07) is 16.7. The van der Waals surface area contributed by atoms with Crippen LogP contribution in [0.3, 0.4) is 0 Å². The number of thioether (sulfide) groups is 1. The van der Waals surface area contributed by atoms with Gasteiger partial charge in [-0.2, -0.15) is 0 Å². The maximum Gasteiger partial charge on any atom is 0.343 e. The number of rotatable bonds is 8. The van der Waals surface area contributed by atoms with Crippen molar-refractivity contribution in [3.05, 3.63) is 70.6 Å². The van der Waals surface area contributed by atoms with E-state index in [-0.39, 0.29) is 23.3 Å². The Balaban J connectivity index is 1.53. The van der Waals surface area contributed by atoms with Crippen LogP contribution in [0, 0.1) is 0 Å². The van der Waals surface area contributed by atoms with Gasteiger partial charge in [-0.3, -0.25) is 14.2 Å². The number of aryl methyl sites for hydroxylation is 1. The fourth-order valence-electron chi connectivity index (χ4n) is 2.66. The monoisotopic (exact) mass is 411 g/mol. The van der Waals surface area contributed by atoms with Gasteiger partial charge in [0.05, 0.1) is 5.75 Å². The first-order valence-electron chi connectivity index (χ1n) is 9.00. The van der Waals surface area contributed by atoms with Gasteiger partial charge in [0.2, 0.25) is 11.8 Å². The van der Waals surface area contributed by atoms with Crippen LogP contribution in [0.5, 0.6) is 0 Å². The summed E-state index contributed by atoms with van der Waals surface area (Å²) >= 11 is 1.19. The second-order valence-corrected chi connectivity index (χ2v) is 7.24. The zero-order valence-electron chi connectivity index (χ0n) is 15.8. The number of hydrogen-bond acceptors (Lipinski definition) is 5. The first-order valence-corrected chi connectivity index (χ1v) is 9.99. The number of aromatic nitrogens is 3. The number of anilines is 2. The highest BCUT2D eigenvalue weighted by molar-refractivity contribution is 7.99. The van der Waals surface area contributed by atoms with Crippen molar-refractivity contribution in [3.63, 3.8) is 0 Å². The second kappa shape index (κ2) is 9.74. The van der Waals surface area contributed by atoms with Gasteiger partial charge in [-0.05, 0) is 36.2 Å². The SMILES string of the molecule is CC(=O)Nc1ccc(NC(=O)CSc2n[nH]c(=O)n2CCc2ccccc2)cc1. The van der Waals surface area contributed by atoms with Crippen LogP contribution in [0.2, 0.25) is 0 Å². The van der Waals surface area contributed by atoms with Crippen molar-refractivity contribution in [2.24, 2.45) is 0 Å². The first-order chi connectivity index (χ1) is 14.0. The Morgan fingerprint density at radius 2 is 1.69 bits per heavy atom. The van der Waals surface area contributed by atoms with Gasteiger partial charge < -0.3 is 10.6 Å². The van der Waals surface area contributed by atoms with Gasteiger partial charge in [-0.25, -0.2) is 9.89 Å². The highest BCUT2D eigenvalue weighted by Crippen LogP contribution is 2.17. The van der Waals surface area contributed by atoms with E-state index in [4.69, 9.17) is 0 Å². The third-order valence-corrected chi connectivity index (χ3v) is 4.99. The normalized spacial score (nSPS) is 10.5. The van der Waals surface area contributed by atoms with E-state index in [0.29, 0.717) is 29.5 Å². The lowest BCUT2D eigenvalue weighted by molar-refractivity contribution is -0.114. The summed E-state index contributed by atoms with van der Waals surface area (Å²) in [6.07, 6.45) is 0.695. The first kappa shape index (κ1) is 20.4. The molecule has 2 amide bonds. The number of H-pyrrole nitrogens is 1. The van der Waals surface area contributed by atoms with Gasteiger partial charge in [0, 0.05) is 24.8 Å². The average molecular weight is 411 g/mol. The van der Waals surface area contributed by atoms with Crippen LogP contribution in [0.15, 0.2) is 64.5 Å². The maximum absolute atomic E-state index is 12.2. The summed E-state index contributed by atoms with van der Waals surface area (Å²) in [4.78, 5) is 35.3. The molecule has 0 radical (unpaired) electrons. The molecule has 2 aromatic carbocycles. The van der Waals surface area contributed by atoms with Gasteiger partial charge in [-0.15, -0.1) is 5.10 Å². The standard InChI is InChI=1S/C20H21N5O3S/c1-14(26)21-16-7-9-17(10-8-16)22-18(27)13-29-20-24-23-19(28)25(20)12-11-15-5-3-2-4-6-15/h2-10H,11-13H2,1H3,(H,21,26)(H,22,27)(H,23,28). The molecule has 0 bridgehead atoms. The predicted molar refractivity (Wildman–Crippen MR) is 113 cm³/mol. The molecule has 0 fully saturated rings. The topological polar surface area (TPSA) is 109 Å². The van der Waals surface area contributed by atoms with E-state index in [1.165, 1.54) is 23.3 Å². The molecule has 3 aromatic rings. The van der Waals surface area contributed by atoms with Crippen LogP contribution >= 0.6 is 11.8 Å². The lowest BCUT2D eigenvalue weighted by Crippen LogP contribution is -2.20. The Morgan fingerprint density at radius 1 is 1.03 bits per heavy atom. The number of amides is 2. The zero-order valence-corrected chi connectivity index (χ0v) is 16.7. The number of carbonyl (C=O) groups is 2. The van der Waals surface area contributed by atoms with Gasteiger partial charge in [0.15, 0.2) is 5.16 Å². The highest BCUT2D eigenvalue weighted by Gasteiger charge is 2.12. The summed E-state index contributed by atoms with van der Waals surface area (Å²) in [6.45, 7) is 1.91. The quantitative estimate of drug-likeness (QED) is 0.494. The molecule has 0 unspecified atom stereocenters. The Labute approximate surface area is 171 Å². The Bertz CT molecular complexity index is 1030. The van der Waals surface area contributed by atoms with Crippen molar-refractivity contribution in [1.29, 1.82) is 0 Å². The zero-order chi connectivity index (χ0) is 20.6. The fourth-order valence-corrected chi connectivity index (χ4v) is 3.44. The fraction of sp³-hybridized carbons (Fsp3) is 0.200. The molecule has 0 saturated heterocycles. The minimum atomic E-state index is -0.294. The smallest absolute Gasteiger partial charge is 0.326 e. The summed E-state index contributed by atoms with van der Waals surface area (Å²) in [5.74, 6) is -0.258. The summed E-state index contributed by atoms with van der Waals surface area (Å²) in [7, 11) is 0. The lowest BCUT2D eigenvalue weighted by atomic mass is 10.1. The summed E-state index contributed by atoms with van der Waals surface area (Å²) < 4.78 is 1.53. The van der Waals surface area contributed by atoms with Gasteiger partial charge >= 0.3 is 5.69 Å². The molecule has 1 heterocycles. The van der Waals surface area contributed by atoms with Crippen molar-refractivity contribution in [1.82, 2.24) is 14.8 Å². The average Bonchev–Trinajstić information content (AvgIpc) is 3.06. The van der Waals surface area contributed by atoms with Crippen molar-refractivity contribution in [2.45, 2.75) is 25.0 Å². The molecule has 1 aromatic heterocycles. The molecule has 3 rings (SSSR count). The molecule has 0 atom stereocenters. The van der Waals surface area contributed by atoms with E-state index < -0.39 is 0 Å². The second-order valence-electron chi connectivity index (χ2n) is 6.29. The largest absolute Gasteiger partial charge is 0.343 e. The van der Waals surface area contributed by atoms with Crippen LogP contribution in [0.25, 0.3) is 0 Å². The molecule has 0 saturated carbocycles. The van der Waals surface area contributed by atoms with Crippen LogP contribution in [0.1, 0.15) is 12.5 Å². The predicted octanol–water partition coefficient (Wildman–Crippen LogP) is 2.50. The molecule has 0 aliphatic heterocycles. The summed E-state index contributed by atoms with van der Waals surface area (Å²) in [5.41, 5.74) is 2.10. The van der Waals surface area contributed by atoms with Gasteiger partial charge in [0.1, 0.15) is 0 Å². The molecule has 29 heavy (non-hydrogen) atoms. The van der Waals surface area contributed by atoms with E-state index in [0.717, 1.165) is 5.56 Å². The molecule has 8 nitrogen and oxygen atoms in total. The highest BCUT2D eigenvalue weighted by atomic mass is 32.2. The van der Waals surface area contributed by atoms with Gasteiger partial charge in [0.25, 0.3) is 0 Å². The number of benzene rings is 2. The van der Waals surface area contributed by atoms with E-state index in [2.05, 4.69) is 20.8 Å². The van der Waals surface area contributed by atoms with Crippen molar-refractivity contribution >= 4 is 35.0 Å². The molecule has 150 valence electrons. The van der Waals surface area contributed by atoms with Crippen LogP contribution in [-0.2, 0) is 22.6 Å². The molecule has 9 heteroatoms. The Hall–Kier alpha value is -3.33. The van der Waals surface area contributed by atoms with E-state index in [9.17, 15) is 14.4 Å². The van der Waals surface area contributed by atoms with E-state index >= 15 is 0 Å². The Kier molecular flexibility index (Phi) is 6.85. The minimum Gasteiger partial charge on any atom is -0.326 e. The minimum absolute atomic E-state index is 0.114. The molecule has 0 aliphatic carbocycles. The van der Waals surface area contributed by atoms with Crippen LogP contribution in [-0.4, -0.2) is 32.3 Å². The van der Waals surface area contributed by atoms with Crippen molar-refractivity contribution in [3.8, 4) is 0 Å². The summed E-state index contributed by atoms with van der Waals surface area (Å²) in [5, 5.41) is 12.4. The third-order valence-electron chi connectivity index (χ3n) is 4.01. The number of nitrogens with zero attached hydrogens (tertiary/aromatic N) is 2. The van der Waals surface area contributed by atoms with Crippen LogP contribution in [0.4, 0.5) is 11.4 Å². The molecular weight excluding hydrogens is 390 g/mol. The Morgan fingerprint density at radius 3 is 2.34 bits per heavy atom. The lowest BCUT2D eigenvalue weighted by Gasteiger charge is -2.08. The molecule has 0 aliphatic rings. The van der Waals surface area contributed by atoms with Crippen LogP contribution < -0.4 is 16.3 Å². The van der Waals surface area contributed by atoms with Crippen molar-refractivity contribution in [2.75, 3.05) is 16.4 Å². The number of nitrogens with one attached hydrogen (secondary N) is 3.